The van der Waals surface area contributed by atoms with Crippen LogP contribution in [0.15, 0.2) is 88.2 Å². The zero-order valence-electron chi connectivity index (χ0n) is 25.1. The summed E-state index contributed by atoms with van der Waals surface area (Å²) in [7, 11) is 4.37. The summed E-state index contributed by atoms with van der Waals surface area (Å²) in [6.45, 7) is 1.66. The average Bonchev–Trinajstić information content (AvgIpc) is 3.78. The van der Waals surface area contributed by atoms with Crippen molar-refractivity contribution in [2.75, 3.05) is 26.2 Å². The molecule has 3 aromatic heterocycles. The van der Waals surface area contributed by atoms with Gasteiger partial charge < -0.3 is 18.6 Å². The van der Waals surface area contributed by atoms with E-state index in [1.165, 1.54) is 12.0 Å². The molecule has 1 atom stereocenters. The van der Waals surface area contributed by atoms with Gasteiger partial charge in [0.25, 0.3) is 5.91 Å². The molecular weight excluding hydrogens is 608 g/mol. The van der Waals surface area contributed by atoms with E-state index in [-0.39, 0.29) is 32.3 Å². The van der Waals surface area contributed by atoms with Crippen molar-refractivity contribution in [3.05, 3.63) is 117 Å². The second-order valence-electron chi connectivity index (χ2n) is 10.4. The third-order valence-corrected chi connectivity index (χ3v) is 8.99. The zero-order chi connectivity index (χ0) is 32.1. The number of hydrogen-bond acceptors (Lipinski definition) is 10. The van der Waals surface area contributed by atoms with Crippen LogP contribution in [0, 0.1) is 6.92 Å². The van der Waals surface area contributed by atoms with E-state index >= 15 is 0 Å². The Labute approximate surface area is 266 Å². The van der Waals surface area contributed by atoms with Gasteiger partial charge in [-0.15, -0.1) is 0 Å². The molecule has 1 aliphatic rings. The van der Waals surface area contributed by atoms with Crippen LogP contribution < -0.4 is 19.8 Å². The molecule has 0 radical (unpaired) electrons. The van der Waals surface area contributed by atoms with Crippen molar-refractivity contribution in [1.82, 2.24) is 14.8 Å². The number of thiazole rings is 1. The standard InChI is InChI=1S/C34H26N4O7S/c1-18-31(33(41)44-4)46-34(35-18)38-28(26-29(39)21-12-8-9-13-23(21)45-30(26)32(38)40)22-17-37(20-10-6-5-7-11-20)36-27(22)19-14-15-24(42-2)25(16-19)43-3/h5-17,28H,1-4H3. The molecule has 7 rings (SSSR count). The quantitative estimate of drug-likeness (QED) is 0.195. The molecule has 0 aliphatic carbocycles. The van der Waals surface area contributed by atoms with Gasteiger partial charge in [0.1, 0.15) is 16.5 Å². The third-order valence-electron chi connectivity index (χ3n) is 7.85. The van der Waals surface area contributed by atoms with Crippen LogP contribution in [0.3, 0.4) is 0 Å². The van der Waals surface area contributed by atoms with Gasteiger partial charge in [-0.05, 0) is 49.4 Å². The van der Waals surface area contributed by atoms with E-state index in [0.29, 0.717) is 39.4 Å². The van der Waals surface area contributed by atoms with Crippen molar-refractivity contribution in [1.29, 1.82) is 0 Å². The number of methoxy groups -OCH3 is 3. The molecule has 3 aromatic carbocycles. The zero-order valence-corrected chi connectivity index (χ0v) is 26.0. The SMILES string of the molecule is COC(=O)c1sc(N2C(=O)c3oc4ccccc4c(=O)c3C2c2cn(-c3ccccc3)nc2-c2ccc(OC)c(OC)c2)nc1C. The Balaban J connectivity index is 1.54. The number of ether oxygens (including phenoxy) is 3. The van der Waals surface area contributed by atoms with Crippen LogP contribution in [-0.2, 0) is 4.74 Å². The van der Waals surface area contributed by atoms with Crippen LogP contribution in [0.4, 0.5) is 5.13 Å². The van der Waals surface area contributed by atoms with Gasteiger partial charge in [0.15, 0.2) is 22.1 Å². The van der Waals surface area contributed by atoms with E-state index in [0.717, 1.165) is 17.0 Å². The minimum Gasteiger partial charge on any atom is -0.493 e. The van der Waals surface area contributed by atoms with Gasteiger partial charge in [0.2, 0.25) is 5.76 Å². The number of carbonyl (C=O) groups excluding carboxylic acids is 2. The summed E-state index contributed by atoms with van der Waals surface area (Å²) >= 11 is 1.00. The predicted octanol–water partition coefficient (Wildman–Crippen LogP) is 5.96. The Morgan fingerprint density at radius 1 is 0.935 bits per heavy atom. The summed E-state index contributed by atoms with van der Waals surface area (Å²) in [4.78, 5) is 47.4. The van der Waals surface area contributed by atoms with Crippen LogP contribution in [0.5, 0.6) is 11.5 Å². The molecule has 1 amide bonds. The number of aryl methyl sites for hydroxylation is 1. The van der Waals surface area contributed by atoms with Crippen LogP contribution in [-0.4, -0.2) is 48.0 Å². The first kappa shape index (κ1) is 29.0. The van der Waals surface area contributed by atoms with Crippen molar-refractivity contribution >= 4 is 39.3 Å². The summed E-state index contributed by atoms with van der Waals surface area (Å²) in [5.74, 6) is -0.252. The Morgan fingerprint density at radius 2 is 1.67 bits per heavy atom. The Kier molecular flexibility index (Phi) is 7.13. The molecule has 4 heterocycles. The van der Waals surface area contributed by atoms with Gasteiger partial charge in [-0.2, -0.15) is 5.10 Å². The number of nitrogens with zero attached hydrogens (tertiary/aromatic N) is 4. The topological polar surface area (TPSA) is 126 Å². The molecule has 1 unspecified atom stereocenters. The lowest BCUT2D eigenvalue weighted by Crippen LogP contribution is -2.29. The molecule has 46 heavy (non-hydrogen) atoms. The normalized spacial score (nSPS) is 14.0. The molecule has 1 aliphatic heterocycles. The Bertz CT molecular complexity index is 2220. The number of anilines is 1. The Hall–Kier alpha value is -5.75. The fourth-order valence-electron chi connectivity index (χ4n) is 5.69. The molecule has 0 bridgehead atoms. The van der Waals surface area contributed by atoms with Gasteiger partial charge in [0, 0.05) is 17.3 Å². The molecule has 0 N–H and O–H groups in total. The smallest absolute Gasteiger partial charge is 0.350 e. The minimum atomic E-state index is -1.01. The lowest BCUT2D eigenvalue weighted by Gasteiger charge is -2.22. The minimum absolute atomic E-state index is 0.105. The summed E-state index contributed by atoms with van der Waals surface area (Å²) < 4.78 is 23.8. The number of para-hydroxylation sites is 2. The fraction of sp³-hybridized carbons (Fsp3) is 0.147. The molecule has 11 nitrogen and oxygen atoms in total. The van der Waals surface area contributed by atoms with E-state index in [1.54, 1.807) is 68.4 Å². The van der Waals surface area contributed by atoms with E-state index in [4.69, 9.17) is 23.7 Å². The molecular formula is C34H26N4O7S. The monoisotopic (exact) mass is 634 g/mol. The number of hydrogen-bond donors (Lipinski definition) is 0. The van der Waals surface area contributed by atoms with Crippen LogP contribution >= 0.6 is 11.3 Å². The van der Waals surface area contributed by atoms with Gasteiger partial charge in [-0.3, -0.25) is 14.5 Å². The van der Waals surface area contributed by atoms with E-state index in [2.05, 4.69) is 4.98 Å². The predicted molar refractivity (Wildman–Crippen MR) is 171 cm³/mol. The molecule has 0 saturated carbocycles. The Morgan fingerprint density at radius 3 is 2.41 bits per heavy atom. The summed E-state index contributed by atoms with van der Waals surface area (Å²) in [6.07, 6.45) is 1.79. The molecule has 0 saturated heterocycles. The number of esters is 1. The summed E-state index contributed by atoms with van der Waals surface area (Å²) in [5.41, 5.74) is 2.88. The number of carbonyl (C=O) groups is 2. The first-order valence-corrected chi connectivity index (χ1v) is 15.0. The highest BCUT2D eigenvalue weighted by molar-refractivity contribution is 7.17. The second kappa shape index (κ2) is 11.3. The summed E-state index contributed by atoms with van der Waals surface area (Å²) in [6, 6.07) is 20.6. The number of aromatic nitrogens is 3. The van der Waals surface area contributed by atoms with Gasteiger partial charge in [-0.25, -0.2) is 14.5 Å². The molecule has 0 spiro atoms. The van der Waals surface area contributed by atoms with Crippen molar-refractivity contribution in [3.8, 4) is 28.4 Å². The van der Waals surface area contributed by atoms with Crippen molar-refractivity contribution in [2.45, 2.75) is 13.0 Å². The molecule has 230 valence electrons. The average molecular weight is 635 g/mol. The van der Waals surface area contributed by atoms with E-state index in [1.807, 2.05) is 36.4 Å². The third kappa shape index (κ3) is 4.53. The van der Waals surface area contributed by atoms with E-state index in [9.17, 15) is 14.4 Å². The maximum absolute atomic E-state index is 14.3. The van der Waals surface area contributed by atoms with E-state index < -0.39 is 17.9 Å². The number of amides is 1. The van der Waals surface area contributed by atoms with Gasteiger partial charge in [-0.1, -0.05) is 41.7 Å². The number of benzene rings is 3. The molecule has 6 aromatic rings. The highest BCUT2D eigenvalue weighted by Crippen LogP contribution is 2.46. The van der Waals surface area contributed by atoms with Gasteiger partial charge in [0.05, 0.1) is 49.4 Å². The second-order valence-corrected chi connectivity index (χ2v) is 11.4. The van der Waals surface area contributed by atoms with Crippen molar-refractivity contribution < 1.29 is 28.2 Å². The van der Waals surface area contributed by atoms with Crippen LogP contribution in [0.1, 0.15) is 43.1 Å². The van der Waals surface area contributed by atoms with Crippen LogP contribution in [0.25, 0.3) is 27.9 Å². The highest BCUT2D eigenvalue weighted by Gasteiger charge is 2.47. The maximum atomic E-state index is 14.3. The lowest BCUT2D eigenvalue weighted by atomic mass is 9.96. The highest BCUT2D eigenvalue weighted by atomic mass is 32.1. The first-order valence-electron chi connectivity index (χ1n) is 14.2. The number of fused-ring (bicyclic) bond motifs is 2. The van der Waals surface area contributed by atoms with Crippen LogP contribution in [0.2, 0.25) is 0 Å². The molecule has 12 heteroatoms. The maximum Gasteiger partial charge on any atom is 0.350 e. The van der Waals surface area contributed by atoms with Crippen molar-refractivity contribution in [3.63, 3.8) is 0 Å². The number of rotatable bonds is 7. The summed E-state index contributed by atoms with van der Waals surface area (Å²) in [5, 5.41) is 5.50. The van der Waals surface area contributed by atoms with Gasteiger partial charge >= 0.3 is 5.97 Å². The molecule has 0 fully saturated rings. The van der Waals surface area contributed by atoms with Crippen molar-refractivity contribution in [2.24, 2.45) is 0 Å². The first-order chi connectivity index (χ1) is 22.3. The fourth-order valence-corrected chi connectivity index (χ4v) is 6.70. The largest absolute Gasteiger partial charge is 0.493 e. The lowest BCUT2D eigenvalue weighted by molar-refractivity contribution is 0.0605.